The van der Waals surface area contributed by atoms with Crippen LogP contribution in [-0.2, 0) is 9.53 Å². The average molecular weight is 219 g/mol. The van der Waals surface area contributed by atoms with Crippen molar-refractivity contribution < 1.29 is 24.5 Å². The molecule has 1 amide bonds. The van der Waals surface area contributed by atoms with E-state index < -0.39 is 29.8 Å². The molecule has 15 heavy (non-hydrogen) atoms. The predicted molar refractivity (Wildman–Crippen MR) is 52.5 cm³/mol. The van der Waals surface area contributed by atoms with Crippen LogP contribution in [0.1, 0.15) is 27.7 Å². The van der Waals surface area contributed by atoms with Gasteiger partial charge in [-0.25, -0.2) is 9.59 Å². The van der Waals surface area contributed by atoms with E-state index in [1.807, 2.05) is 0 Å². The van der Waals surface area contributed by atoms with Crippen molar-refractivity contribution in [3.8, 4) is 0 Å². The molecule has 0 aliphatic heterocycles. The summed E-state index contributed by atoms with van der Waals surface area (Å²) < 4.78 is 4.84. The Morgan fingerprint density at radius 3 is 2.07 bits per heavy atom. The van der Waals surface area contributed by atoms with E-state index in [1.165, 1.54) is 6.92 Å². The van der Waals surface area contributed by atoms with Crippen LogP contribution in [0.5, 0.6) is 0 Å². The second-order valence-corrected chi connectivity index (χ2v) is 4.20. The molecule has 0 bridgehead atoms. The van der Waals surface area contributed by atoms with Gasteiger partial charge in [-0.1, -0.05) is 0 Å². The van der Waals surface area contributed by atoms with Gasteiger partial charge in [0.1, 0.15) is 5.60 Å². The first-order valence-electron chi connectivity index (χ1n) is 4.54. The van der Waals surface area contributed by atoms with Crippen molar-refractivity contribution in [2.24, 2.45) is 0 Å². The van der Waals surface area contributed by atoms with Crippen molar-refractivity contribution in [1.82, 2.24) is 5.32 Å². The highest BCUT2D eigenvalue weighted by Crippen LogP contribution is 2.07. The lowest BCUT2D eigenvalue weighted by atomic mass is 10.2. The number of nitrogens with one attached hydrogen (secondary N) is 1. The maximum atomic E-state index is 11.2. The summed E-state index contributed by atoms with van der Waals surface area (Å²) in [6.07, 6.45) is -2.05. The van der Waals surface area contributed by atoms with Gasteiger partial charge in [-0.05, 0) is 27.7 Å². The summed E-state index contributed by atoms with van der Waals surface area (Å²) in [6, 6.07) is -1.36. The number of amides is 1. The molecular weight excluding hydrogens is 202 g/mol. The second kappa shape index (κ2) is 4.97. The van der Waals surface area contributed by atoms with Gasteiger partial charge in [0, 0.05) is 0 Å². The van der Waals surface area contributed by atoms with Gasteiger partial charge in [-0.3, -0.25) is 0 Å². The Hall–Kier alpha value is -1.30. The van der Waals surface area contributed by atoms with E-state index >= 15 is 0 Å². The lowest BCUT2D eigenvalue weighted by molar-refractivity contribution is -0.142. The minimum Gasteiger partial charge on any atom is -0.480 e. The molecule has 0 rings (SSSR count). The van der Waals surface area contributed by atoms with Crippen LogP contribution in [0.3, 0.4) is 0 Å². The van der Waals surface area contributed by atoms with E-state index in [2.05, 4.69) is 5.32 Å². The number of hydrogen-bond acceptors (Lipinski definition) is 4. The number of alkyl carbamates (subject to hydrolysis) is 1. The standard InChI is InChI=1S/C9H17NO5/c1-5(11)6(7(12)13)10-8(14)15-9(2,3)4/h5-6,11H,1-4H3,(H,10,14)(H,12,13)/t5-,6-/m1/s1. The molecule has 0 aromatic carbocycles. The second-order valence-electron chi connectivity index (χ2n) is 4.20. The van der Waals surface area contributed by atoms with E-state index in [9.17, 15) is 9.59 Å². The van der Waals surface area contributed by atoms with Gasteiger partial charge in [0.15, 0.2) is 6.04 Å². The Morgan fingerprint density at radius 1 is 1.33 bits per heavy atom. The first kappa shape index (κ1) is 13.7. The Bertz CT molecular complexity index is 243. The first-order chi connectivity index (χ1) is 6.63. The molecule has 6 nitrogen and oxygen atoms in total. The topological polar surface area (TPSA) is 95.9 Å². The summed E-state index contributed by atoms with van der Waals surface area (Å²) >= 11 is 0. The van der Waals surface area contributed by atoms with Crippen molar-refractivity contribution in [1.29, 1.82) is 0 Å². The molecule has 0 aromatic rings. The number of carbonyl (C=O) groups excluding carboxylic acids is 1. The highest BCUT2D eigenvalue weighted by molar-refractivity contribution is 5.80. The smallest absolute Gasteiger partial charge is 0.408 e. The van der Waals surface area contributed by atoms with E-state index in [0.29, 0.717) is 0 Å². The van der Waals surface area contributed by atoms with Gasteiger partial charge in [0.05, 0.1) is 6.10 Å². The summed E-state index contributed by atoms with van der Waals surface area (Å²) in [4.78, 5) is 21.8. The number of aliphatic hydroxyl groups excluding tert-OH is 1. The van der Waals surface area contributed by atoms with Gasteiger partial charge in [0.25, 0.3) is 0 Å². The summed E-state index contributed by atoms with van der Waals surface area (Å²) in [5, 5.41) is 19.8. The van der Waals surface area contributed by atoms with Crippen molar-refractivity contribution in [2.75, 3.05) is 0 Å². The van der Waals surface area contributed by atoms with E-state index in [1.54, 1.807) is 20.8 Å². The average Bonchev–Trinajstić information content (AvgIpc) is 1.95. The molecule has 0 aromatic heterocycles. The van der Waals surface area contributed by atoms with Crippen LogP contribution in [0.15, 0.2) is 0 Å². The monoisotopic (exact) mass is 219 g/mol. The number of carboxylic acid groups (broad SMARTS) is 1. The highest BCUT2D eigenvalue weighted by Gasteiger charge is 2.27. The lowest BCUT2D eigenvalue weighted by Crippen LogP contribution is -2.49. The molecule has 0 unspecified atom stereocenters. The number of aliphatic hydroxyl groups is 1. The maximum Gasteiger partial charge on any atom is 0.408 e. The third kappa shape index (κ3) is 5.90. The minimum absolute atomic E-state index is 0.703. The fourth-order valence-electron chi connectivity index (χ4n) is 0.823. The zero-order valence-electron chi connectivity index (χ0n) is 9.27. The lowest BCUT2D eigenvalue weighted by Gasteiger charge is -2.22. The number of hydrogen-bond donors (Lipinski definition) is 3. The molecule has 0 saturated heterocycles. The van der Waals surface area contributed by atoms with Crippen LogP contribution in [0.2, 0.25) is 0 Å². The molecular formula is C9H17NO5. The predicted octanol–water partition coefficient (Wildman–Crippen LogP) is 0.345. The van der Waals surface area contributed by atoms with E-state index in [-0.39, 0.29) is 0 Å². The molecule has 0 aliphatic rings. The molecule has 0 spiro atoms. The van der Waals surface area contributed by atoms with Crippen LogP contribution in [-0.4, -0.2) is 40.0 Å². The number of ether oxygens (including phenoxy) is 1. The molecule has 3 N–H and O–H groups in total. The number of carbonyl (C=O) groups is 2. The minimum atomic E-state index is -1.36. The highest BCUT2D eigenvalue weighted by atomic mass is 16.6. The van der Waals surface area contributed by atoms with Gasteiger partial charge in [-0.15, -0.1) is 0 Å². The third-order valence-electron chi connectivity index (χ3n) is 1.42. The maximum absolute atomic E-state index is 11.2. The van der Waals surface area contributed by atoms with Gasteiger partial charge >= 0.3 is 12.1 Å². The Kier molecular flexibility index (Phi) is 4.54. The van der Waals surface area contributed by atoms with Gasteiger partial charge in [0.2, 0.25) is 0 Å². The quantitative estimate of drug-likeness (QED) is 0.636. The number of rotatable bonds is 3. The summed E-state index contributed by atoms with van der Waals surface area (Å²) in [7, 11) is 0. The molecule has 6 heteroatoms. The van der Waals surface area contributed by atoms with E-state index in [0.717, 1.165) is 0 Å². The normalized spacial score (nSPS) is 15.3. The Balaban J connectivity index is 4.31. The Labute approximate surface area is 88.2 Å². The fraction of sp³-hybridized carbons (Fsp3) is 0.778. The summed E-state index contributed by atoms with van der Waals surface area (Å²) in [5.41, 5.74) is -0.703. The largest absolute Gasteiger partial charge is 0.480 e. The number of carboxylic acids is 1. The molecule has 0 aliphatic carbocycles. The third-order valence-corrected chi connectivity index (χ3v) is 1.42. The molecule has 2 atom stereocenters. The van der Waals surface area contributed by atoms with Crippen molar-refractivity contribution in [3.05, 3.63) is 0 Å². The van der Waals surface area contributed by atoms with Gasteiger partial charge < -0.3 is 20.3 Å². The number of aliphatic carboxylic acids is 1. The summed E-state index contributed by atoms with van der Waals surface area (Å²) in [6.45, 7) is 6.25. The van der Waals surface area contributed by atoms with Crippen LogP contribution in [0.4, 0.5) is 4.79 Å². The first-order valence-corrected chi connectivity index (χ1v) is 4.54. The fourth-order valence-corrected chi connectivity index (χ4v) is 0.823. The van der Waals surface area contributed by atoms with Crippen LogP contribution in [0, 0.1) is 0 Å². The zero-order valence-corrected chi connectivity index (χ0v) is 9.27. The van der Waals surface area contributed by atoms with Crippen molar-refractivity contribution >= 4 is 12.1 Å². The SMILES string of the molecule is C[C@@H](O)[C@@H](NC(=O)OC(C)(C)C)C(=O)O. The zero-order chi connectivity index (χ0) is 12.2. The molecule has 0 saturated carbocycles. The van der Waals surface area contributed by atoms with Crippen molar-refractivity contribution in [2.45, 2.75) is 45.4 Å². The molecule has 0 fully saturated rings. The summed E-state index contributed by atoms with van der Waals surface area (Å²) in [5.74, 6) is -1.31. The van der Waals surface area contributed by atoms with Crippen LogP contribution in [0.25, 0.3) is 0 Å². The Morgan fingerprint density at radius 2 is 1.80 bits per heavy atom. The van der Waals surface area contributed by atoms with Crippen LogP contribution < -0.4 is 5.32 Å². The molecule has 0 radical (unpaired) electrons. The molecule has 0 heterocycles. The molecule has 88 valence electrons. The van der Waals surface area contributed by atoms with Gasteiger partial charge in [-0.2, -0.15) is 0 Å². The van der Waals surface area contributed by atoms with Crippen LogP contribution >= 0.6 is 0 Å². The van der Waals surface area contributed by atoms with Crippen molar-refractivity contribution in [3.63, 3.8) is 0 Å². The van der Waals surface area contributed by atoms with E-state index in [4.69, 9.17) is 14.9 Å².